The van der Waals surface area contributed by atoms with Crippen LogP contribution in [0, 0.1) is 11.3 Å². The van der Waals surface area contributed by atoms with Crippen LogP contribution < -0.4 is 0 Å². The largest absolute Gasteiger partial charge is 0.406 e. The Balaban J connectivity index is 1.88. The Labute approximate surface area is 179 Å². The van der Waals surface area contributed by atoms with Gasteiger partial charge in [0.25, 0.3) is 0 Å². The number of nitrogens with zero attached hydrogens (tertiary/aromatic N) is 4. The van der Waals surface area contributed by atoms with Crippen molar-refractivity contribution in [3.8, 4) is 6.07 Å². The van der Waals surface area contributed by atoms with Crippen LogP contribution in [0.3, 0.4) is 0 Å². The number of piperazine rings is 1. The van der Waals surface area contributed by atoms with Crippen LogP contribution in [-0.4, -0.2) is 57.5 Å². The molecule has 0 radical (unpaired) electrons. The van der Waals surface area contributed by atoms with Gasteiger partial charge in [0.15, 0.2) is 0 Å². The molecule has 0 spiro atoms. The molecule has 9 heteroatoms. The van der Waals surface area contributed by atoms with E-state index in [4.69, 9.17) is 5.26 Å². The van der Waals surface area contributed by atoms with Gasteiger partial charge >= 0.3 is 6.18 Å². The molecule has 3 rings (SSSR count). The lowest BCUT2D eigenvalue weighted by Crippen LogP contribution is -2.58. The quantitative estimate of drug-likeness (QED) is 0.687. The van der Waals surface area contributed by atoms with Crippen molar-refractivity contribution in [1.29, 1.82) is 5.26 Å². The average Bonchev–Trinajstić information content (AvgIpc) is 3.26. The van der Waals surface area contributed by atoms with E-state index >= 15 is 0 Å². The molecule has 2 atom stereocenters. The number of aromatic amines is 1. The van der Waals surface area contributed by atoms with Gasteiger partial charge in [0.2, 0.25) is 5.91 Å². The molecule has 0 aliphatic carbocycles. The third-order valence-electron chi connectivity index (χ3n) is 5.62. The summed E-state index contributed by atoms with van der Waals surface area (Å²) in [4.78, 5) is 22.8. The second-order valence-electron chi connectivity index (χ2n) is 7.89. The second-order valence-corrected chi connectivity index (χ2v) is 7.89. The van der Waals surface area contributed by atoms with Gasteiger partial charge in [0.05, 0.1) is 36.2 Å². The number of unbranched alkanes of at least 4 members (excludes halogenated alkanes) is 1. The minimum Gasteiger partial charge on any atom is -0.347 e. The molecule has 0 saturated carbocycles. The summed E-state index contributed by atoms with van der Waals surface area (Å²) in [6.45, 7) is 0.794. The molecule has 1 fully saturated rings. The molecular formula is C22H26F3N5O. The summed E-state index contributed by atoms with van der Waals surface area (Å²) in [5, 5.41) is 9.02. The molecule has 2 unspecified atom stereocenters. The number of benzene rings is 1. The van der Waals surface area contributed by atoms with Crippen molar-refractivity contribution < 1.29 is 18.0 Å². The zero-order valence-electron chi connectivity index (χ0n) is 17.4. The number of hydrogen-bond acceptors (Lipinski definition) is 4. The van der Waals surface area contributed by atoms with Gasteiger partial charge in [0.1, 0.15) is 6.54 Å². The first-order chi connectivity index (χ1) is 14.8. The number of hydrogen-bond donors (Lipinski definition) is 1. The van der Waals surface area contributed by atoms with Crippen molar-refractivity contribution >= 4 is 5.91 Å². The van der Waals surface area contributed by atoms with Gasteiger partial charge in [-0.15, -0.1) is 0 Å². The van der Waals surface area contributed by atoms with E-state index < -0.39 is 18.6 Å². The lowest BCUT2D eigenvalue weighted by molar-refractivity contribution is -0.169. The summed E-state index contributed by atoms with van der Waals surface area (Å²) < 4.78 is 38.9. The average molecular weight is 433 g/mol. The molecule has 1 aromatic heterocycles. The van der Waals surface area contributed by atoms with Gasteiger partial charge in [-0.2, -0.15) is 18.4 Å². The first-order valence-electron chi connectivity index (χ1n) is 10.4. The van der Waals surface area contributed by atoms with Crippen molar-refractivity contribution in [2.24, 2.45) is 0 Å². The molecule has 1 aliphatic heterocycles. The third kappa shape index (κ3) is 6.07. The molecule has 1 aliphatic rings. The van der Waals surface area contributed by atoms with Gasteiger partial charge in [-0.25, -0.2) is 4.98 Å². The van der Waals surface area contributed by atoms with Crippen molar-refractivity contribution in [1.82, 2.24) is 19.8 Å². The van der Waals surface area contributed by atoms with E-state index in [9.17, 15) is 18.0 Å². The fourth-order valence-electron chi connectivity index (χ4n) is 4.07. The molecule has 31 heavy (non-hydrogen) atoms. The Morgan fingerprint density at radius 2 is 2.06 bits per heavy atom. The number of nitriles is 1. The van der Waals surface area contributed by atoms with E-state index in [1.807, 2.05) is 24.0 Å². The number of halogens is 3. The number of nitrogens with one attached hydrogen (secondary N) is 1. The van der Waals surface area contributed by atoms with Crippen LogP contribution in [-0.2, 0) is 11.2 Å². The number of imidazole rings is 1. The number of H-pyrrole nitrogens is 1. The highest BCUT2D eigenvalue weighted by Gasteiger charge is 2.41. The number of alkyl halides is 3. The maximum atomic E-state index is 13.0. The number of carbonyl (C=O) groups excluding carboxylic acids is 1. The minimum absolute atomic E-state index is 0.0519. The van der Waals surface area contributed by atoms with Gasteiger partial charge in [-0.3, -0.25) is 9.69 Å². The van der Waals surface area contributed by atoms with Crippen LogP contribution in [0.5, 0.6) is 0 Å². The highest BCUT2D eigenvalue weighted by molar-refractivity contribution is 5.79. The molecule has 1 N–H and O–H groups in total. The molecule has 0 bridgehead atoms. The monoisotopic (exact) mass is 433 g/mol. The van der Waals surface area contributed by atoms with E-state index in [1.165, 1.54) is 0 Å². The first kappa shape index (κ1) is 22.8. The first-order valence-corrected chi connectivity index (χ1v) is 10.4. The Kier molecular flexibility index (Phi) is 7.33. The highest BCUT2D eigenvalue weighted by atomic mass is 19.4. The zero-order chi connectivity index (χ0) is 22.4. The standard InChI is InChI=1S/C22H26F3N5O/c1-2-3-4-18-12-29(14-22(23,24)25)21(31)13-30(18)20(19-11-27-15-28-19)9-16-5-7-17(10-26)8-6-16/h5-8,11,15,18,20H,2-4,9,12-14H2,1H3,(H,27,28). The van der Waals surface area contributed by atoms with Crippen molar-refractivity contribution in [2.45, 2.75) is 50.9 Å². The predicted molar refractivity (Wildman–Crippen MR) is 109 cm³/mol. The van der Waals surface area contributed by atoms with E-state index in [2.05, 4.69) is 16.0 Å². The van der Waals surface area contributed by atoms with Crippen molar-refractivity contribution in [2.75, 3.05) is 19.6 Å². The molecule has 2 heterocycles. The maximum absolute atomic E-state index is 13.0. The molecule has 1 amide bonds. The Bertz CT molecular complexity index is 889. The summed E-state index contributed by atoms with van der Waals surface area (Å²) in [6.07, 6.45) is 1.86. The summed E-state index contributed by atoms with van der Waals surface area (Å²) in [7, 11) is 0. The number of carbonyl (C=O) groups is 1. The Hall–Kier alpha value is -2.86. The summed E-state index contributed by atoms with van der Waals surface area (Å²) in [6, 6.07) is 8.86. The maximum Gasteiger partial charge on any atom is 0.406 e. The van der Waals surface area contributed by atoms with E-state index in [-0.39, 0.29) is 25.2 Å². The topological polar surface area (TPSA) is 76.0 Å². The minimum atomic E-state index is -4.42. The molecule has 2 aromatic rings. The number of amides is 1. The summed E-state index contributed by atoms with van der Waals surface area (Å²) in [5.41, 5.74) is 2.33. The van der Waals surface area contributed by atoms with Crippen molar-refractivity contribution in [3.05, 3.63) is 53.6 Å². The molecular weight excluding hydrogens is 407 g/mol. The number of aromatic nitrogens is 2. The van der Waals surface area contributed by atoms with Crippen LogP contribution >= 0.6 is 0 Å². The molecule has 1 aromatic carbocycles. The molecule has 166 valence electrons. The van der Waals surface area contributed by atoms with Gasteiger partial charge in [-0.05, 0) is 30.5 Å². The van der Waals surface area contributed by atoms with E-state index in [1.54, 1.807) is 24.7 Å². The van der Waals surface area contributed by atoms with Crippen LogP contribution in [0.15, 0.2) is 36.8 Å². The van der Waals surface area contributed by atoms with Gasteiger partial charge in [0, 0.05) is 18.8 Å². The molecule has 1 saturated heterocycles. The number of rotatable bonds is 8. The lowest BCUT2D eigenvalue weighted by atomic mass is 9.96. The smallest absolute Gasteiger partial charge is 0.347 e. The van der Waals surface area contributed by atoms with Crippen LogP contribution in [0.2, 0.25) is 0 Å². The van der Waals surface area contributed by atoms with Crippen LogP contribution in [0.25, 0.3) is 0 Å². The second kappa shape index (κ2) is 9.96. The normalized spacial score (nSPS) is 18.7. The lowest BCUT2D eigenvalue weighted by Gasteiger charge is -2.45. The highest BCUT2D eigenvalue weighted by Crippen LogP contribution is 2.31. The zero-order valence-corrected chi connectivity index (χ0v) is 17.4. The summed E-state index contributed by atoms with van der Waals surface area (Å²) >= 11 is 0. The molecule has 6 nitrogen and oxygen atoms in total. The predicted octanol–water partition coefficient (Wildman–Crippen LogP) is 3.83. The van der Waals surface area contributed by atoms with E-state index in [0.717, 1.165) is 29.0 Å². The van der Waals surface area contributed by atoms with E-state index in [0.29, 0.717) is 18.4 Å². The van der Waals surface area contributed by atoms with Gasteiger partial charge in [-0.1, -0.05) is 31.9 Å². The van der Waals surface area contributed by atoms with Crippen LogP contribution in [0.4, 0.5) is 13.2 Å². The van der Waals surface area contributed by atoms with Crippen LogP contribution in [0.1, 0.15) is 49.0 Å². The van der Waals surface area contributed by atoms with Gasteiger partial charge < -0.3 is 9.88 Å². The summed E-state index contributed by atoms with van der Waals surface area (Å²) in [5.74, 6) is -0.519. The third-order valence-corrected chi connectivity index (χ3v) is 5.62. The Morgan fingerprint density at radius 1 is 1.32 bits per heavy atom. The fourth-order valence-corrected chi connectivity index (χ4v) is 4.07. The fraction of sp³-hybridized carbons (Fsp3) is 0.500. The Morgan fingerprint density at radius 3 is 2.65 bits per heavy atom. The SMILES string of the molecule is CCCCC1CN(CC(F)(F)F)C(=O)CN1C(Cc1ccc(C#N)cc1)c1cnc[nH]1. The van der Waals surface area contributed by atoms with Crippen molar-refractivity contribution in [3.63, 3.8) is 0 Å².